The van der Waals surface area contributed by atoms with Gasteiger partial charge >= 0.3 is 0 Å². The zero-order valence-electron chi connectivity index (χ0n) is 16.6. The summed E-state index contributed by atoms with van der Waals surface area (Å²) in [7, 11) is 3.12. The van der Waals surface area contributed by atoms with Crippen LogP contribution < -0.4 is 19.6 Å². The fourth-order valence-corrected chi connectivity index (χ4v) is 2.81. The first-order chi connectivity index (χ1) is 14.6. The van der Waals surface area contributed by atoms with Gasteiger partial charge in [0.25, 0.3) is 5.91 Å². The molecule has 1 N–H and O–H groups in total. The van der Waals surface area contributed by atoms with Crippen molar-refractivity contribution in [1.29, 1.82) is 0 Å². The van der Waals surface area contributed by atoms with E-state index in [0.29, 0.717) is 34.4 Å². The Bertz CT molecular complexity index is 1040. The average Bonchev–Trinajstić information content (AvgIpc) is 2.78. The molecule has 1 amide bonds. The van der Waals surface area contributed by atoms with E-state index in [2.05, 4.69) is 10.5 Å². The summed E-state index contributed by atoms with van der Waals surface area (Å²) in [5, 5.41) is 4.69. The number of carbonyl (C=O) groups is 1. The van der Waals surface area contributed by atoms with Gasteiger partial charge in [0.15, 0.2) is 11.5 Å². The topological polar surface area (TPSA) is 69.2 Å². The number of amides is 1. The molecule has 6 nitrogen and oxygen atoms in total. The fraction of sp³-hybridized carbons (Fsp3) is 0.130. The maximum Gasteiger partial charge on any atom is 0.275 e. The van der Waals surface area contributed by atoms with Crippen LogP contribution in [-0.2, 0) is 6.61 Å². The number of nitrogens with one attached hydrogen (secondary N) is 1. The molecular formula is C23H21ClN2O4. The van der Waals surface area contributed by atoms with Crippen molar-refractivity contribution in [1.82, 2.24) is 5.43 Å². The zero-order valence-corrected chi connectivity index (χ0v) is 17.3. The van der Waals surface area contributed by atoms with E-state index in [1.165, 1.54) is 6.21 Å². The summed E-state index contributed by atoms with van der Waals surface area (Å²) in [6.45, 7) is 0.316. The third-order valence-corrected chi connectivity index (χ3v) is 4.48. The van der Waals surface area contributed by atoms with Crippen LogP contribution in [0.4, 0.5) is 0 Å². The Kier molecular flexibility index (Phi) is 7.29. The van der Waals surface area contributed by atoms with Gasteiger partial charge in [-0.15, -0.1) is 0 Å². The number of hydrogen-bond donors (Lipinski definition) is 1. The minimum atomic E-state index is -0.376. The van der Waals surface area contributed by atoms with Crippen molar-refractivity contribution < 1.29 is 19.0 Å². The van der Waals surface area contributed by atoms with Gasteiger partial charge in [-0.25, -0.2) is 5.43 Å². The highest BCUT2D eigenvalue weighted by molar-refractivity contribution is 6.30. The summed E-state index contributed by atoms with van der Waals surface area (Å²) in [4.78, 5) is 12.6. The lowest BCUT2D eigenvalue weighted by Crippen LogP contribution is -2.18. The standard InChI is InChI=1S/C23H21ClN2O4/c1-28-21-12-9-17(13-22(21)29-2)14-25-26-23(27)19-5-3-4-6-20(19)30-15-16-7-10-18(24)11-8-16/h3-14H,15H2,1-2H3,(H,26,27)/b25-14-. The molecule has 0 aromatic heterocycles. The number of methoxy groups -OCH3 is 2. The second-order valence-electron chi connectivity index (χ2n) is 6.22. The SMILES string of the molecule is COc1ccc(/C=N\NC(=O)c2ccccc2OCc2ccc(Cl)cc2)cc1OC. The molecule has 0 bridgehead atoms. The van der Waals surface area contributed by atoms with Crippen LogP contribution in [0.25, 0.3) is 0 Å². The Hall–Kier alpha value is -3.51. The highest BCUT2D eigenvalue weighted by Crippen LogP contribution is 2.27. The third kappa shape index (κ3) is 5.52. The van der Waals surface area contributed by atoms with Crippen molar-refractivity contribution in [3.63, 3.8) is 0 Å². The molecule has 154 valence electrons. The smallest absolute Gasteiger partial charge is 0.275 e. The third-order valence-electron chi connectivity index (χ3n) is 4.23. The quantitative estimate of drug-likeness (QED) is 0.420. The number of ether oxygens (including phenoxy) is 3. The first-order valence-corrected chi connectivity index (χ1v) is 9.50. The van der Waals surface area contributed by atoms with E-state index in [4.69, 9.17) is 25.8 Å². The van der Waals surface area contributed by atoms with Crippen LogP contribution in [0.5, 0.6) is 17.2 Å². The van der Waals surface area contributed by atoms with Crippen LogP contribution in [0.2, 0.25) is 5.02 Å². The number of rotatable bonds is 8. The van der Waals surface area contributed by atoms with Gasteiger partial charge in [0.1, 0.15) is 12.4 Å². The first kappa shape index (κ1) is 21.2. The monoisotopic (exact) mass is 424 g/mol. The van der Waals surface area contributed by atoms with Crippen molar-refractivity contribution in [2.24, 2.45) is 5.10 Å². The number of hydrogen-bond acceptors (Lipinski definition) is 5. The summed E-state index contributed by atoms with van der Waals surface area (Å²) in [6, 6.07) is 19.7. The first-order valence-electron chi connectivity index (χ1n) is 9.12. The van der Waals surface area contributed by atoms with Crippen molar-refractivity contribution in [3.8, 4) is 17.2 Å². The van der Waals surface area contributed by atoms with Gasteiger partial charge in [0, 0.05) is 5.02 Å². The molecule has 0 fully saturated rings. The van der Waals surface area contributed by atoms with Gasteiger partial charge in [-0.3, -0.25) is 4.79 Å². The normalized spacial score (nSPS) is 10.6. The van der Waals surface area contributed by atoms with Crippen molar-refractivity contribution in [2.75, 3.05) is 14.2 Å². The Morgan fingerprint density at radius 3 is 2.43 bits per heavy atom. The molecular weight excluding hydrogens is 404 g/mol. The van der Waals surface area contributed by atoms with E-state index in [-0.39, 0.29) is 5.91 Å². The van der Waals surface area contributed by atoms with E-state index >= 15 is 0 Å². The number of para-hydroxylation sites is 1. The molecule has 7 heteroatoms. The molecule has 0 saturated carbocycles. The summed E-state index contributed by atoms with van der Waals surface area (Å²) >= 11 is 5.90. The van der Waals surface area contributed by atoms with Crippen LogP contribution in [-0.4, -0.2) is 26.3 Å². The van der Waals surface area contributed by atoms with Gasteiger partial charge < -0.3 is 14.2 Å². The number of benzene rings is 3. The summed E-state index contributed by atoms with van der Waals surface area (Å²) in [6.07, 6.45) is 1.52. The maximum atomic E-state index is 12.6. The predicted octanol–water partition coefficient (Wildman–Crippen LogP) is 4.70. The van der Waals surface area contributed by atoms with Crippen LogP contribution in [0.3, 0.4) is 0 Å². The van der Waals surface area contributed by atoms with Crippen molar-refractivity contribution >= 4 is 23.7 Å². The van der Waals surface area contributed by atoms with Crippen LogP contribution in [0.15, 0.2) is 71.8 Å². The summed E-state index contributed by atoms with van der Waals surface area (Å²) in [5.41, 5.74) is 4.60. The van der Waals surface area contributed by atoms with Crippen molar-refractivity contribution in [2.45, 2.75) is 6.61 Å². The Balaban J connectivity index is 1.65. The predicted molar refractivity (Wildman–Crippen MR) is 117 cm³/mol. The van der Waals surface area contributed by atoms with Crippen LogP contribution in [0, 0.1) is 0 Å². The number of halogens is 1. The Labute approximate surface area is 180 Å². The van der Waals surface area contributed by atoms with Gasteiger partial charge in [-0.05, 0) is 53.6 Å². The maximum absolute atomic E-state index is 12.6. The number of hydrazone groups is 1. The lowest BCUT2D eigenvalue weighted by molar-refractivity contribution is 0.0950. The summed E-state index contributed by atoms with van der Waals surface area (Å²) in [5.74, 6) is 1.28. The molecule has 0 radical (unpaired) electrons. The van der Waals surface area contributed by atoms with Crippen LogP contribution >= 0.6 is 11.6 Å². The molecule has 30 heavy (non-hydrogen) atoms. The molecule has 0 saturated heterocycles. The Morgan fingerprint density at radius 2 is 1.70 bits per heavy atom. The van der Waals surface area contributed by atoms with E-state index in [0.717, 1.165) is 11.1 Å². The Morgan fingerprint density at radius 1 is 0.967 bits per heavy atom. The lowest BCUT2D eigenvalue weighted by atomic mass is 10.2. The van der Waals surface area contributed by atoms with E-state index in [1.54, 1.807) is 68.8 Å². The van der Waals surface area contributed by atoms with Gasteiger partial charge in [0.2, 0.25) is 0 Å². The molecule has 0 atom stereocenters. The van der Waals surface area contributed by atoms with Crippen molar-refractivity contribution in [3.05, 3.63) is 88.4 Å². The molecule has 3 aromatic rings. The molecule has 0 spiro atoms. The second kappa shape index (κ2) is 10.3. The number of nitrogens with zero attached hydrogens (tertiary/aromatic N) is 1. The van der Waals surface area contributed by atoms with E-state index in [9.17, 15) is 4.79 Å². The minimum absolute atomic E-state index is 0.316. The van der Waals surface area contributed by atoms with E-state index < -0.39 is 0 Å². The molecule has 0 unspecified atom stereocenters. The molecule has 0 aliphatic carbocycles. The molecule has 0 aliphatic rings. The molecule has 3 rings (SSSR count). The minimum Gasteiger partial charge on any atom is -0.493 e. The second-order valence-corrected chi connectivity index (χ2v) is 6.66. The summed E-state index contributed by atoms with van der Waals surface area (Å²) < 4.78 is 16.3. The molecule has 0 heterocycles. The largest absolute Gasteiger partial charge is 0.493 e. The average molecular weight is 425 g/mol. The van der Waals surface area contributed by atoms with Crippen LogP contribution in [0.1, 0.15) is 21.5 Å². The molecule has 0 aliphatic heterocycles. The van der Waals surface area contributed by atoms with Gasteiger partial charge in [-0.1, -0.05) is 35.9 Å². The van der Waals surface area contributed by atoms with Gasteiger partial charge in [-0.2, -0.15) is 5.10 Å². The highest BCUT2D eigenvalue weighted by atomic mass is 35.5. The fourth-order valence-electron chi connectivity index (χ4n) is 2.68. The van der Waals surface area contributed by atoms with Gasteiger partial charge in [0.05, 0.1) is 26.0 Å². The zero-order chi connectivity index (χ0) is 21.3. The highest BCUT2D eigenvalue weighted by Gasteiger charge is 2.11. The molecule has 3 aromatic carbocycles. The number of carbonyl (C=O) groups excluding carboxylic acids is 1. The lowest BCUT2D eigenvalue weighted by Gasteiger charge is -2.10. The van der Waals surface area contributed by atoms with E-state index in [1.807, 2.05) is 12.1 Å².